The third kappa shape index (κ3) is 6.49. The van der Waals surface area contributed by atoms with Crippen molar-refractivity contribution in [3.05, 3.63) is 206 Å². The fourth-order valence-corrected chi connectivity index (χ4v) is 11.6. The Labute approximate surface area is 369 Å². The second-order valence-electron chi connectivity index (χ2n) is 18.5. The van der Waals surface area contributed by atoms with Gasteiger partial charge in [0.25, 0.3) is 0 Å². The molecule has 4 atom stereocenters. The molecule has 0 spiro atoms. The Hall–Kier alpha value is -7.10. The molecule has 12 rings (SSSR count). The lowest BCUT2D eigenvalue weighted by Gasteiger charge is -2.39. The van der Waals surface area contributed by atoms with Gasteiger partial charge in [-0.05, 0) is 144 Å². The van der Waals surface area contributed by atoms with Crippen LogP contribution in [-0.4, -0.2) is 4.57 Å². The summed E-state index contributed by atoms with van der Waals surface area (Å²) in [6, 6.07) is 69.0. The van der Waals surface area contributed by atoms with Gasteiger partial charge in [-0.3, -0.25) is 0 Å². The topological polar surface area (TPSA) is 21.3 Å². The molecule has 3 nitrogen and oxygen atoms in total. The van der Waals surface area contributed by atoms with E-state index in [4.69, 9.17) is 4.42 Å². The van der Waals surface area contributed by atoms with Crippen LogP contribution in [0.1, 0.15) is 45.1 Å². The van der Waals surface area contributed by atoms with Crippen LogP contribution in [0.15, 0.2) is 205 Å². The molecule has 2 aliphatic carbocycles. The Balaban J connectivity index is 0.950. The lowest BCUT2D eigenvalue weighted by atomic mass is 9.68. The maximum atomic E-state index is 6.30. The molecule has 10 aromatic rings. The third-order valence-corrected chi connectivity index (χ3v) is 14.2. The number of nitrogens with zero attached hydrogens (tertiary/aromatic N) is 2. The summed E-state index contributed by atoms with van der Waals surface area (Å²) in [6.45, 7) is 4.93. The Bertz CT molecular complexity index is 3300. The predicted octanol–water partition coefficient (Wildman–Crippen LogP) is 16.8. The number of aromatic nitrogens is 1. The van der Waals surface area contributed by atoms with Gasteiger partial charge in [0.05, 0.1) is 16.7 Å². The lowest BCUT2D eigenvalue weighted by Crippen LogP contribution is -2.30. The zero-order valence-electron chi connectivity index (χ0n) is 35.9. The first kappa shape index (κ1) is 37.6. The van der Waals surface area contributed by atoms with Gasteiger partial charge in [0.1, 0.15) is 11.2 Å². The molecule has 2 heterocycles. The number of hydrogen-bond acceptors (Lipinski definition) is 2. The van der Waals surface area contributed by atoms with Gasteiger partial charge in [-0.2, -0.15) is 0 Å². The number of allylic oxidation sites excluding steroid dienone is 2. The normalized spacial score (nSPS) is 19.8. The highest BCUT2D eigenvalue weighted by Gasteiger charge is 2.42. The highest BCUT2D eigenvalue weighted by atomic mass is 16.3. The van der Waals surface area contributed by atoms with Crippen LogP contribution in [0.5, 0.6) is 0 Å². The monoisotopic (exact) mass is 814 g/mol. The standard InChI is InChI=1S/C60H50N2O/c1-40-34-41(2)38-60(33-32-42(35-40)39-60)54-17-6-9-20-57(54)61(48-29-24-44(25-30-48)46-26-31-53-52-16-5-10-21-58(52)63-59(53)37-46)47-27-22-43(23-28-47)45-12-11-13-49(36-45)62-55-18-7-3-14-50(55)51-15-4-8-19-56(51)62/h3-33,36-37,40-42H,34-35,38-39H2,1-2H3/t40?,41-,42-,60?/m0/s1. The Morgan fingerprint density at radius 1 is 0.492 bits per heavy atom. The van der Waals surface area contributed by atoms with Gasteiger partial charge < -0.3 is 13.9 Å². The molecular weight excluding hydrogens is 765 g/mol. The van der Waals surface area contributed by atoms with E-state index in [0.29, 0.717) is 11.8 Å². The Morgan fingerprint density at radius 2 is 1.10 bits per heavy atom. The summed E-state index contributed by atoms with van der Waals surface area (Å²) in [6.07, 6.45) is 10.0. The molecule has 3 heteroatoms. The zero-order chi connectivity index (χ0) is 42.1. The van der Waals surface area contributed by atoms with Crippen LogP contribution in [0.2, 0.25) is 0 Å². The van der Waals surface area contributed by atoms with E-state index in [1.807, 2.05) is 12.1 Å². The highest BCUT2D eigenvalue weighted by molar-refractivity contribution is 6.09. The van der Waals surface area contributed by atoms with E-state index in [0.717, 1.165) is 56.0 Å². The predicted molar refractivity (Wildman–Crippen MR) is 265 cm³/mol. The van der Waals surface area contributed by atoms with Crippen LogP contribution < -0.4 is 4.90 Å². The molecule has 2 aromatic heterocycles. The number of rotatable bonds is 7. The molecule has 0 amide bonds. The van der Waals surface area contributed by atoms with Crippen molar-refractivity contribution >= 4 is 60.8 Å². The fraction of sp³-hybridized carbons (Fsp3) is 0.167. The fourth-order valence-electron chi connectivity index (χ4n) is 11.6. The van der Waals surface area contributed by atoms with Crippen molar-refractivity contribution < 1.29 is 4.42 Å². The first-order valence-corrected chi connectivity index (χ1v) is 22.8. The van der Waals surface area contributed by atoms with Crippen molar-refractivity contribution in [1.29, 1.82) is 0 Å². The molecule has 0 aliphatic heterocycles. The van der Waals surface area contributed by atoms with Gasteiger partial charge in [-0.25, -0.2) is 0 Å². The van der Waals surface area contributed by atoms with Gasteiger partial charge in [0.2, 0.25) is 0 Å². The van der Waals surface area contributed by atoms with Crippen molar-refractivity contribution in [3.63, 3.8) is 0 Å². The number of para-hydroxylation sites is 4. The summed E-state index contributed by atoms with van der Waals surface area (Å²) in [5.74, 6) is 2.02. The third-order valence-electron chi connectivity index (χ3n) is 14.2. The van der Waals surface area contributed by atoms with E-state index in [-0.39, 0.29) is 5.41 Å². The van der Waals surface area contributed by atoms with Crippen molar-refractivity contribution in [1.82, 2.24) is 4.57 Å². The molecule has 0 radical (unpaired) electrons. The molecule has 2 bridgehead atoms. The number of anilines is 3. The average Bonchev–Trinajstić information content (AvgIpc) is 4.01. The first-order chi connectivity index (χ1) is 31.0. The lowest BCUT2D eigenvalue weighted by molar-refractivity contribution is 0.251. The number of hydrogen-bond donors (Lipinski definition) is 0. The quantitative estimate of drug-likeness (QED) is 0.149. The summed E-state index contributed by atoms with van der Waals surface area (Å²) < 4.78 is 8.70. The van der Waals surface area contributed by atoms with E-state index in [9.17, 15) is 0 Å². The highest BCUT2D eigenvalue weighted by Crippen LogP contribution is 2.53. The van der Waals surface area contributed by atoms with Crippen molar-refractivity contribution in [2.45, 2.75) is 44.9 Å². The van der Waals surface area contributed by atoms with Crippen LogP contribution in [-0.2, 0) is 5.41 Å². The van der Waals surface area contributed by atoms with E-state index in [1.54, 1.807) is 0 Å². The summed E-state index contributed by atoms with van der Waals surface area (Å²) in [5, 5.41) is 4.85. The van der Waals surface area contributed by atoms with E-state index in [1.165, 1.54) is 69.9 Å². The number of fused-ring (bicyclic) bond motifs is 8. The van der Waals surface area contributed by atoms with Crippen molar-refractivity contribution in [3.8, 4) is 27.9 Å². The minimum atomic E-state index is -0.00576. The Kier molecular flexibility index (Phi) is 9.00. The molecule has 63 heavy (non-hydrogen) atoms. The van der Waals surface area contributed by atoms with E-state index in [2.05, 4.69) is 211 Å². The van der Waals surface area contributed by atoms with E-state index < -0.39 is 0 Å². The van der Waals surface area contributed by atoms with Gasteiger partial charge in [-0.15, -0.1) is 0 Å². The SMILES string of the molecule is CC1C[C@H](C)CC2(c3ccccc3N(c3ccc(-c4cccc(-n5c6ccccc6c6ccccc65)c4)cc3)c3ccc(-c4ccc5c(c4)oc4ccccc45)cc3)C=C[C@@H](C1)C2. The maximum Gasteiger partial charge on any atom is 0.136 e. The first-order valence-electron chi connectivity index (χ1n) is 22.8. The summed E-state index contributed by atoms with van der Waals surface area (Å²) >= 11 is 0. The van der Waals surface area contributed by atoms with Gasteiger partial charge in [-0.1, -0.05) is 141 Å². The van der Waals surface area contributed by atoms with Gasteiger partial charge >= 0.3 is 0 Å². The molecule has 8 aromatic carbocycles. The van der Waals surface area contributed by atoms with Crippen LogP contribution in [0.25, 0.3) is 71.7 Å². The molecule has 0 N–H and O–H groups in total. The molecule has 2 unspecified atom stereocenters. The zero-order valence-corrected chi connectivity index (χ0v) is 35.9. The summed E-state index contributed by atoms with van der Waals surface area (Å²) in [4.78, 5) is 2.50. The average molecular weight is 815 g/mol. The van der Waals surface area contributed by atoms with Crippen LogP contribution >= 0.6 is 0 Å². The van der Waals surface area contributed by atoms with Crippen LogP contribution in [0.3, 0.4) is 0 Å². The summed E-state index contributed by atoms with van der Waals surface area (Å²) in [7, 11) is 0. The largest absolute Gasteiger partial charge is 0.456 e. The molecular formula is C60H50N2O. The van der Waals surface area contributed by atoms with E-state index >= 15 is 0 Å². The molecule has 1 saturated carbocycles. The minimum Gasteiger partial charge on any atom is -0.456 e. The van der Waals surface area contributed by atoms with Crippen molar-refractivity contribution in [2.24, 2.45) is 17.8 Å². The second kappa shape index (κ2) is 15.1. The van der Waals surface area contributed by atoms with Crippen LogP contribution in [0.4, 0.5) is 17.1 Å². The minimum absolute atomic E-state index is 0.00576. The van der Waals surface area contributed by atoms with Gasteiger partial charge in [0.15, 0.2) is 0 Å². The van der Waals surface area contributed by atoms with Gasteiger partial charge in [0, 0.05) is 44.0 Å². The second-order valence-corrected chi connectivity index (χ2v) is 18.5. The van der Waals surface area contributed by atoms with Crippen LogP contribution in [0, 0.1) is 17.8 Å². The number of furan rings is 1. The number of benzene rings is 8. The Morgan fingerprint density at radius 3 is 1.83 bits per heavy atom. The smallest absolute Gasteiger partial charge is 0.136 e. The maximum absolute atomic E-state index is 6.30. The molecule has 1 fully saturated rings. The van der Waals surface area contributed by atoms with Crippen molar-refractivity contribution in [2.75, 3.05) is 4.90 Å². The molecule has 2 aliphatic rings. The molecule has 0 saturated heterocycles. The molecule has 306 valence electrons. The summed E-state index contributed by atoms with van der Waals surface area (Å²) in [5.41, 5.74) is 15.1.